The van der Waals surface area contributed by atoms with Gasteiger partial charge in [0.1, 0.15) is 0 Å². The molecule has 0 bridgehead atoms. The van der Waals surface area contributed by atoms with E-state index in [1.807, 2.05) is 0 Å². The molecule has 17 heavy (non-hydrogen) atoms. The van der Waals surface area contributed by atoms with E-state index >= 15 is 0 Å². The van der Waals surface area contributed by atoms with Crippen LogP contribution in [0.1, 0.15) is 17.5 Å². The molecule has 1 heterocycles. The van der Waals surface area contributed by atoms with Crippen molar-refractivity contribution in [3.8, 4) is 11.1 Å². The minimum absolute atomic E-state index is 1.10. The van der Waals surface area contributed by atoms with Crippen LogP contribution in [0.2, 0.25) is 0 Å². The summed E-state index contributed by atoms with van der Waals surface area (Å²) in [6.45, 7) is 3.24. The average Bonchev–Trinajstić information content (AvgIpc) is 2.38. The normalized spacial score (nSPS) is 13.9. The average molecular weight is 223 g/mol. The van der Waals surface area contributed by atoms with Crippen LogP contribution in [0.15, 0.2) is 42.5 Å². The van der Waals surface area contributed by atoms with Crippen molar-refractivity contribution in [2.45, 2.75) is 19.8 Å². The van der Waals surface area contributed by atoms with Gasteiger partial charge in [-0.15, -0.1) is 0 Å². The molecule has 0 saturated carbocycles. The van der Waals surface area contributed by atoms with Gasteiger partial charge in [-0.05, 0) is 42.5 Å². The molecule has 0 unspecified atom stereocenters. The topological polar surface area (TPSA) is 12.0 Å². The number of rotatable bonds is 1. The molecule has 2 aromatic carbocycles. The molecule has 0 spiro atoms. The molecule has 1 heteroatoms. The molecule has 1 N–H and O–H groups in total. The molecule has 86 valence electrons. The van der Waals surface area contributed by atoms with Crippen molar-refractivity contribution in [3.05, 3.63) is 53.6 Å². The third-order valence-corrected chi connectivity index (χ3v) is 3.40. The lowest BCUT2D eigenvalue weighted by molar-refractivity contribution is 0.830. The van der Waals surface area contributed by atoms with Crippen molar-refractivity contribution >= 4 is 5.69 Å². The van der Waals surface area contributed by atoms with Crippen LogP contribution in [0.4, 0.5) is 5.69 Å². The molecular weight excluding hydrogens is 206 g/mol. The molecule has 2 aromatic rings. The first-order valence-electron chi connectivity index (χ1n) is 6.27. The number of hydrogen-bond acceptors (Lipinski definition) is 1. The molecule has 3 rings (SSSR count). The second kappa shape index (κ2) is 4.25. The van der Waals surface area contributed by atoms with Crippen LogP contribution < -0.4 is 5.32 Å². The first-order valence-corrected chi connectivity index (χ1v) is 6.27. The predicted molar refractivity (Wildman–Crippen MR) is 73.4 cm³/mol. The molecule has 0 aromatic heterocycles. The Kier molecular flexibility index (Phi) is 2.60. The number of hydrogen-bond donors (Lipinski definition) is 1. The maximum absolute atomic E-state index is 3.49. The second-order valence-corrected chi connectivity index (χ2v) is 4.77. The number of anilines is 1. The first kappa shape index (κ1) is 10.4. The summed E-state index contributed by atoms with van der Waals surface area (Å²) in [5.74, 6) is 0. The van der Waals surface area contributed by atoms with E-state index in [1.165, 1.54) is 40.8 Å². The Morgan fingerprint density at radius 3 is 2.76 bits per heavy atom. The zero-order valence-corrected chi connectivity index (χ0v) is 10.2. The molecule has 0 amide bonds. The van der Waals surface area contributed by atoms with E-state index in [0.29, 0.717) is 0 Å². The molecule has 1 aliphatic rings. The van der Waals surface area contributed by atoms with E-state index in [9.17, 15) is 0 Å². The van der Waals surface area contributed by atoms with Gasteiger partial charge in [0.25, 0.3) is 0 Å². The van der Waals surface area contributed by atoms with Crippen LogP contribution in [-0.2, 0) is 6.42 Å². The quantitative estimate of drug-likeness (QED) is 0.770. The fourth-order valence-corrected chi connectivity index (χ4v) is 2.47. The summed E-state index contributed by atoms with van der Waals surface area (Å²) in [5.41, 5.74) is 6.69. The summed E-state index contributed by atoms with van der Waals surface area (Å²) >= 11 is 0. The molecule has 0 fully saturated rings. The molecule has 0 radical (unpaired) electrons. The Hall–Kier alpha value is -1.76. The molecule has 0 saturated heterocycles. The summed E-state index contributed by atoms with van der Waals surface area (Å²) in [6, 6.07) is 15.5. The second-order valence-electron chi connectivity index (χ2n) is 4.77. The smallest absolute Gasteiger partial charge is 0.0378 e. The van der Waals surface area contributed by atoms with Gasteiger partial charge in [-0.25, -0.2) is 0 Å². The highest BCUT2D eigenvalue weighted by molar-refractivity contribution is 5.71. The summed E-state index contributed by atoms with van der Waals surface area (Å²) in [4.78, 5) is 0. The Morgan fingerprint density at radius 2 is 1.88 bits per heavy atom. The van der Waals surface area contributed by atoms with Gasteiger partial charge in [-0.1, -0.05) is 42.0 Å². The van der Waals surface area contributed by atoms with Gasteiger partial charge in [0.2, 0.25) is 0 Å². The number of benzene rings is 2. The third-order valence-electron chi connectivity index (χ3n) is 3.40. The van der Waals surface area contributed by atoms with Crippen molar-refractivity contribution in [2.75, 3.05) is 11.9 Å². The fraction of sp³-hybridized carbons (Fsp3) is 0.250. The summed E-state index contributed by atoms with van der Waals surface area (Å²) in [6.07, 6.45) is 2.45. The van der Waals surface area contributed by atoms with Crippen LogP contribution in [0, 0.1) is 6.92 Å². The van der Waals surface area contributed by atoms with Gasteiger partial charge in [0.15, 0.2) is 0 Å². The van der Waals surface area contributed by atoms with E-state index in [1.54, 1.807) is 0 Å². The number of nitrogens with one attached hydrogen (secondary N) is 1. The van der Waals surface area contributed by atoms with Crippen LogP contribution in [-0.4, -0.2) is 6.54 Å². The summed E-state index contributed by atoms with van der Waals surface area (Å²) < 4.78 is 0. The van der Waals surface area contributed by atoms with E-state index in [-0.39, 0.29) is 0 Å². The zero-order valence-electron chi connectivity index (χ0n) is 10.2. The monoisotopic (exact) mass is 223 g/mol. The van der Waals surface area contributed by atoms with Gasteiger partial charge in [0, 0.05) is 12.2 Å². The predicted octanol–water partition coefficient (Wildman–Crippen LogP) is 4.02. The van der Waals surface area contributed by atoms with Crippen molar-refractivity contribution in [2.24, 2.45) is 0 Å². The standard InChI is InChI=1S/C16H17N/c1-12-4-2-5-14(10-12)15-8-7-13-6-3-9-17-16(13)11-15/h2,4-5,7-8,10-11,17H,3,6,9H2,1H3. The largest absolute Gasteiger partial charge is 0.385 e. The first-order chi connectivity index (χ1) is 8.33. The lowest BCUT2D eigenvalue weighted by atomic mass is 9.97. The van der Waals surface area contributed by atoms with Gasteiger partial charge in [0.05, 0.1) is 0 Å². The molecule has 0 atom stereocenters. The van der Waals surface area contributed by atoms with E-state index < -0.39 is 0 Å². The summed E-state index contributed by atoms with van der Waals surface area (Å²) in [5, 5.41) is 3.49. The van der Waals surface area contributed by atoms with Gasteiger partial charge >= 0.3 is 0 Å². The fourth-order valence-electron chi connectivity index (χ4n) is 2.47. The molecular formula is C16H17N. The number of fused-ring (bicyclic) bond motifs is 1. The molecule has 1 aliphatic heterocycles. The number of aryl methyl sites for hydroxylation is 2. The Morgan fingerprint density at radius 1 is 1.00 bits per heavy atom. The van der Waals surface area contributed by atoms with Crippen LogP contribution in [0.25, 0.3) is 11.1 Å². The highest BCUT2D eigenvalue weighted by Crippen LogP contribution is 2.28. The van der Waals surface area contributed by atoms with Crippen LogP contribution >= 0.6 is 0 Å². The van der Waals surface area contributed by atoms with Crippen LogP contribution in [0.5, 0.6) is 0 Å². The van der Waals surface area contributed by atoms with Gasteiger partial charge in [-0.3, -0.25) is 0 Å². The van der Waals surface area contributed by atoms with Crippen molar-refractivity contribution in [1.29, 1.82) is 0 Å². The van der Waals surface area contributed by atoms with Crippen molar-refractivity contribution in [1.82, 2.24) is 0 Å². The third kappa shape index (κ3) is 2.05. The highest BCUT2D eigenvalue weighted by Gasteiger charge is 2.09. The van der Waals surface area contributed by atoms with E-state index in [4.69, 9.17) is 0 Å². The minimum Gasteiger partial charge on any atom is -0.385 e. The maximum atomic E-state index is 3.49. The Bertz CT molecular complexity index is 543. The van der Waals surface area contributed by atoms with Crippen molar-refractivity contribution < 1.29 is 0 Å². The van der Waals surface area contributed by atoms with E-state index in [0.717, 1.165) is 6.54 Å². The lowest BCUT2D eigenvalue weighted by Gasteiger charge is -2.18. The van der Waals surface area contributed by atoms with Crippen molar-refractivity contribution in [3.63, 3.8) is 0 Å². The lowest BCUT2D eigenvalue weighted by Crippen LogP contribution is -2.11. The van der Waals surface area contributed by atoms with E-state index in [2.05, 4.69) is 54.7 Å². The Labute approximate surface area is 102 Å². The zero-order chi connectivity index (χ0) is 11.7. The minimum atomic E-state index is 1.10. The molecule has 0 aliphatic carbocycles. The SMILES string of the molecule is Cc1cccc(-c2ccc3c(c2)NCCC3)c1. The molecule has 1 nitrogen and oxygen atoms in total. The maximum Gasteiger partial charge on any atom is 0.0378 e. The summed E-state index contributed by atoms with van der Waals surface area (Å²) in [7, 11) is 0. The van der Waals surface area contributed by atoms with Gasteiger partial charge in [-0.2, -0.15) is 0 Å². The highest BCUT2D eigenvalue weighted by atomic mass is 14.9. The Balaban J connectivity index is 2.04. The van der Waals surface area contributed by atoms with Gasteiger partial charge < -0.3 is 5.32 Å². The van der Waals surface area contributed by atoms with Crippen LogP contribution in [0.3, 0.4) is 0 Å².